The molecule has 0 amide bonds. The second kappa shape index (κ2) is 7.18. The van der Waals surface area contributed by atoms with E-state index < -0.39 is 0 Å². The van der Waals surface area contributed by atoms with Gasteiger partial charge in [-0.05, 0) is 48.8 Å². The maximum absolute atomic E-state index is 6.18. The summed E-state index contributed by atoms with van der Waals surface area (Å²) in [5.74, 6) is 0.972. The molecule has 0 radical (unpaired) electrons. The Morgan fingerprint density at radius 3 is 2.74 bits per heavy atom. The molecule has 0 spiro atoms. The van der Waals surface area contributed by atoms with E-state index in [0.29, 0.717) is 0 Å². The summed E-state index contributed by atoms with van der Waals surface area (Å²) in [6, 6.07) is 8.79. The fourth-order valence-electron chi connectivity index (χ4n) is 3.30. The van der Waals surface area contributed by atoms with E-state index in [-0.39, 0.29) is 6.29 Å². The Balaban J connectivity index is 0.000000753. The summed E-state index contributed by atoms with van der Waals surface area (Å²) in [5, 5.41) is 2.49. The van der Waals surface area contributed by atoms with Crippen molar-refractivity contribution in [3.63, 3.8) is 0 Å². The molecule has 1 fully saturated rings. The Morgan fingerprint density at radius 1 is 1.09 bits per heavy atom. The first-order valence-corrected chi connectivity index (χ1v) is 8.82. The maximum Gasteiger partial charge on any atom is 0.199 e. The summed E-state index contributed by atoms with van der Waals surface area (Å²) in [6.07, 6.45) is 8.70. The number of hydrogen-bond donors (Lipinski definition) is 0. The standard InChI is InChI=1S/C19H20O2.C2H6/c1-13-8-9-16-17(11-13)15-6-4-5-14(15)12-18(16)21-19-7-2-3-10-20-19;1-2/h4,6,8-9,11-12,19H,2-3,5,7,10H2,1H3;1-2H3. The van der Waals surface area contributed by atoms with E-state index in [1.165, 1.54) is 33.9 Å². The number of benzene rings is 2. The monoisotopic (exact) mass is 310 g/mol. The van der Waals surface area contributed by atoms with Crippen LogP contribution in [0.15, 0.2) is 30.3 Å². The highest BCUT2D eigenvalue weighted by Gasteiger charge is 2.19. The minimum atomic E-state index is -0.0873. The van der Waals surface area contributed by atoms with E-state index >= 15 is 0 Å². The molecule has 23 heavy (non-hydrogen) atoms. The molecule has 1 heterocycles. The van der Waals surface area contributed by atoms with E-state index in [1.54, 1.807) is 0 Å². The first kappa shape index (κ1) is 16.1. The van der Waals surface area contributed by atoms with E-state index in [0.717, 1.165) is 31.6 Å². The van der Waals surface area contributed by atoms with Gasteiger partial charge in [-0.2, -0.15) is 0 Å². The van der Waals surface area contributed by atoms with Crippen LogP contribution in [-0.4, -0.2) is 12.9 Å². The highest BCUT2D eigenvalue weighted by Crippen LogP contribution is 2.37. The molecule has 2 aromatic rings. The summed E-state index contributed by atoms with van der Waals surface area (Å²) in [5.41, 5.74) is 4.00. The maximum atomic E-state index is 6.18. The number of ether oxygens (including phenoxy) is 2. The summed E-state index contributed by atoms with van der Waals surface area (Å²) >= 11 is 0. The van der Waals surface area contributed by atoms with Crippen molar-refractivity contribution in [2.24, 2.45) is 0 Å². The lowest BCUT2D eigenvalue weighted by Gasteiger charge is -2.24. The van der Waals surface area contributed by atoms with Crippen LogP contribution in [0.25, 0.3) is 16.8 Å². The summed E-state index contributed by atoms with van der Waals surface area (Å²) in [4.78, 5) is 0. The lowest BCUT2D eigenvalue weighted by molar-refractivity contribution is -0.105. The molecule has 1 saturated heterocycles. The van der Waals surface area contributed by atoms with Crippen LogP contribution in [0.5, 0.6) is 5.75 Å². The predicted molar refractivity (Wildman–Crippen MR) is 97.0 cm³/mol. The molecule has 1 aliphatic heterocycles. The van der Waals surface area contributed by atoms with Crippen molar-refractivity contribution >= 4 is 16.8 Å². The molecule has 122 valence electrons. The largest absolute Gasteiger partial charge is 0.464 e. The minimum absolute atomic E-state index is 0.0873. The van der Waals surface area contributed by atoms with E-state index in [1.807, 2.05) is 13.8 Å². The van der Waals surface area contributed by atoms with Crippen molar-refractivity contribution in [3.05, 3.63) is 47.0 Å². The number of rotatable bonds is 2. The fourth-order valence-corrected chi connectivity index (χ4v) is 3.30. The average molecular weight is 310 g/mol. The van der Waals surface area contributed by atoms with Crippen LogP contribution in [0.2, 0.25) is 0 Å². The Bertz CT molecular complexity index is 709. The zero-order valence-corrected chi connectivity index (χ0v) is 14.4. The summed E-state index contributed by atoms with van der Waals surface area (Å²) < 4.78 is 11.9. The lowest BCUT2D eigenvalue weighted by atomic mass is 9.98. The summed E-state index contributed by atoms with van der Waals surface area (Å²) in [6.45, 7) is 6.95. The lowest BCUT2D eigenvalue weighted by Crippen LogP contribution is -2.25. The third-order valence-corrected chi connectivity index (χ3v) is 4.40. The van der Waals surface area contributed by atoms with Gasteiger partial charge in [0, 0.05) is 11.8 Å². The molecule has 2 heteroatoms. The number of aryl methyl sites for hydroxylation is 1. The molecule has 0 saturated carbocycles. The Labute approximate surface area is 139 Å². The third kappa shape index (κ3) is 3.28. The van der Waals surface area contributed by atoms with Gasteiger partial charge < -0.3 is 9.47 Å². The van der Waals surface area contributed by atoms with Gasteiger partial charge in [0.2, 0.25) is 0 Å². The Morgan fingerprint density at radius 2 is 1.96 bits per heavy atom. The SMILES string of the molecule is CC.Cc1ccc2c(OC3CCCCO3)cc3c(c2c1)C=CC3. The van der Waals surface area contributed by atoms with Crippen LogP contribution in [0, 0.1) is 6.92 Å². The van der Waals surface area contributed by atoms with Crippen molar-refractivity contribution in [2.75, 3.05) is 6.61 Å². The van der Waals surface area contributed by atoms with Gasteiger partial charge in [0.25, 0.3) is 0 Å². The molecular formula is C21H26O2. The van der Waals surface area contributed by atoms with Crippen molar-refractivity contribution < 1.29 is 9.47 Å². The van der Waals surface area contributed by atoms with Crippen molar-refractivity contribution in [3.8, 4) is 5.75 Å². The Kier molecular flexibility index (Phi) is 5.02. The quantitative estimate of drug-likeness (QED) is 0.713. The second-order valence-corrected chi connectivity index (χ2v) is 6.02. The van der Waals surface area contributed by atoms with Gasteiger partial charge in [0.05, 0.1) is 6.61 Å². The molecule has 2 nitrogen and oxygen atoms in total. The second-order valence-electron chi connectivity index (χ2n) is 6.02. The van der Waals surface area contributed by atoms with Crippen LogP contribution in [0.1, 0.15) is 49.8 Å². The zero-order chi connectivity index (χ0) is 16.2. The van der Waals surface area contributed by atoms with Crippen molar-refractivity contribution in [2.45, 2.75) is 52.7 Å². The van der Waals surface area contributed by atoms with Gasteiger partial charge in [-0.25, -0.2) is 0 Å². The van der Waals surface area contributed by atoms with Gasteiger partial charge in [0.1, 0.15) is 5.75 Å². The molecule has 1 atom stereocenters. The van der Waals surface area contributed by atoms with Gasteiger partial charge in [-0.15, -0.1) is 0 Å². The molecule has 2 aliphatic rings. The van der Waals surface area contributed by atoms with Crippen molar-refractivity contribution in [1.29, 1.82) is 0 Å². The average Bonchev–Trinajstić information content (AvgIpc) is 3.06. The van der Waals surface area contributed by atoms with Gasteiger partial charge in [-0.1, -0.05) is 49.8 Å². The Hall–Kier alpha value is -1.80. The predicted octanol–water partition coefficient (Wildman–Crippen LogP) is 5.65. The number of hydrogen-bond acceptors (Lipinski definition) is 2. The highest BCUT2D eigenvalue weighted by atomic mass is 16.7. The molecule has 0 bridgehead atoms. The van der Waals surface area contributed by atoms with Crippen LogP contribution in [0.4, 0.5) is 0 Å². The van der Waals surface area contributed by atoms with E-state index in [2.05, 4.69) is 43.3 Å². The molecule has 1 aliphatic carbocycles. The number of fused-ring (bicyclic) bond motifs is 3. The van der Waals surface area contributed by atoms with Crippen LogP contribution >= 0.6 is 0 Å². The first-order chi connectivity index (χ1) is 11.3. The third-order valence-electron chi connectivity index (χ3n) is 4.40. The number of allylic oxidation sites excluding steroid dienone is 1. The van der Waals surface area contributed by atoms with Crippen molar-refractivity contribution in [1.82, 2.24) is 0 Å². The smallest absolute Gasteiger partial charge is 0.199 e. The molecule has 4 rings (SSSR count). The normalized spacial score (nSPS) is 19.2. The highest BCUT2D eigenvalue weighted by molar-refractivity contribution is 5.97. The van der Waals surface area contributed by atoms with E-state index in [9.17, 15) is 0 Å². The molecule has 1 unspecified atom stereocenters. The molecule has 0 aromatic heterocycles. The van der Waals surface area contributed by atoms with Gasteiger partial charge in [-0.3, -0.25) is 0 Å². The minimum Gasteiger partial charge on any atom is -0.464 e. The zero-order valence-electron chi connectivity index (χ0n) is 14.4. The molecule has 0 N–H and O–H groups in total. The van der Waals surface area contributed by atoms with Gasteiger partial charge in [0.15, 0.2) is 6.29 Å². The summed E-state index contributed by atoms with van der Waals surface area (Å²) in [7, 11) is 0. The molecular weight excluding hydrogens is 284 g/mol. The van der Waals surface area contributed by atoms with E-state index in [4.69, 9.17) is 9.47 Å². The fraction of sp³-hybridized carbons (Fsp3) is 0.429. The van der Waals surface area contributed by atoms with Crippen LogP contribution in [-0.2, 0) is 11.2 Å². The van der Waals surface area contributed by atoms with Crippen LogP contribution in [0.3, 0.4) is 0 Å². The molecule has 2 aromatic carbocycles. The topological polar surface area (TPSA) is 18.5 Å². The van der Waals surface area contributed by atoms with Crippen LogP contribution < -0.4 is 4.74 Å². The first-order valence-electron chi connectivity index (χ1n) is 8.82. The van der Waals surface area contributed by atoms with Gasteiger partial charge >= 0.3 is 0 Å².